The molecule has 1 N–H and O–H groups in total. The van der Waals surface area contributed by atoms with Crippen molar-refractivity contribution in [2.24, 2.45) is 0 Å². The van der Waals surface area contributed by atoms with Crippen LogP contribution in [-0.4, -0.2) is 69.4 Å². The van der Waals surface area contributed by atoms with Crippen LogP contribution in [0.3, 0.4) is 0 Å². The van der Waals surface area contributed by atoms with Gasteiger partial charge in [-0.3, -0.25) is 4.90 Å². The first kappa shape index (κ1) is 31.6. The van der Waals surface area contributed by atoms with E-state index in [2.05, 4.69) is 24.8 Å². The Kier molecular flexibility index (Phi) is 10.3. The molecule has 244 valence electrons. The summed E-state index contributed by atoms with van der Waals surface area (Å²) in [7, 11) is 1.58. The molecule has 12 heteroatoms. The molecule has 1 saturated heterocycles. The molecule has 47 heavy (non-hydrogen) atoms. The number of hydrogen-bond acceptors (Lipinski definition) is 11. The van der Waals surface area contributed by atoms with Crippen molar-refractivity contribution in [1.29, 1.82) is 0 Å². The molecule has 0 aliphatic carbocycles. The fraction of sp³-hybridized carbons (Fsp3) is 0.314. The summed E-state index contributed by atoms with van der Waals surface area (Å²) in [5.41, 5.74) is 2.62. The van der Waals surface area contributed by atoms with E-state index in [1.807, 2.05) is 66.7 Å². The fourth-order valence-electron chi connectivity index (χ4n) is 5.48. The van der Waals surface area contributed by atoms with Crippen LogP contribution in [0.4, 0.5) is 5.95 Å². The molecule has 1 fully saturated rings. The molecule has 4 heterocycles. The second-order valence-corrected chi connectivity index (χ2v) is 11.2. The summed E-state index contributed by atoms with van der Waals surface area (Å²) in [6.45, 7) is 4.84. The number of anilines is 1. The van der Waals surface area contributed by atoms with Gasteiger partial charge in [0.15, 0.2) is 17.3 Å². The number of hydrogen-bond donors (Lipinski definition) is 1. The Balaban J connectivity index is 0.989. The Morgan fingerprint density at radius 1 is 0.936 bits per heavy atom. The number of benzene rings is 2. The lowest BCUT2D eigenvalue weighted by atomic mass is 10.1. The Labute approximate surface area is 272 Å². The van der Waals surface area contributed by atoms with E-state index in [9.17, 15) is 9.90 Å². The summed E-state index contributed by atoms with van der Waals surface area (Å²) in [5.74, 6) is 1.97. The monoisotopic (exact) mass is 638 g/mol. The maximum absolute atomic E-state index is 12.6. The van der Waals surface area contributed by atoms with Crippen molar-refractivity contribution in [3.05, 3.63) is 112 Å². The number of ether oxygens (including phenoxy) is 2. The summed E-state index contributed by atoms with van der Waals surface area (Å²) in [5, 5.41) is 10.8. The van der Waals surface area contributed by atoms with Crippen molar-refractivity contribution < 1.29 is 23.4 Å². The molecule has 3 aromatic heterocycles. The van der Waals surface area contributed by atoms with E-state index in [1.165, 1.54) is 4.57 Å². The van der Waals surface area contributed by atoms with Gasteiger partial charge in [0.1, 0.15) is 18.6 Å². The van der Waals surface area contributed by atoms with Crippen molar-refractivity contribution in [2.45, 2.75) is 32.4 Å². The Hall–Kier alpha value is -5.36. The van der Waals surface area contributed by atoms with Gasteiger partial charge in [-0.05, 0) is 54.8 Å². The number of rotatable bonds is 14. The summed E-state index contributed by atoms with van der Waals surface area (Å²) < 4.78 is 23.9. The highest BCUT2D eigenvalue weighted by atomic mass is 16.5. The number of methoxy groups -OCH3 is 1. The van der Waals surface area contributed by atoms with E-state index in [0.29, 0.717) is 48.9 Å². The molecule has 1 aliphatic heterocycles. The van der Waals surface area contributed by atoms with E-state index in [1.54, 1.807) is 25.8 Å². The predicted molar refractivity (Wildman–Crippen MR) is 177 cm³/mol. The first-order chi connectivity index (χ1) is 23.1. The smallest absolute Gasteiger partial charge is 0.422 e. The Morgan fingerprint density at radius 3 is 2.53 bits per heavy atom. The molecule has 0 bridgehead atoms. The molecule has 0 atom stereocenters. The fourth-order valence-corrected chi connectivity index (χ4v) is 5.48. The second kappa shape index (κ2) is 15.3. The molecule has 0 spiro atoms. The lowest BCUT2D eigenvalue weighted by Crippen LogP contribution is -2.47. The molecule has 1 aliphatic rings. The summed E-state index contributed by atoms with van der Waals surface area (Å²) in [6, 6.07) is 17.4. The van der Waals surface area contributed by atoms with Crippen molar-refractivity contribution in [3.8, 4) is 17.4 Å². The van der Waals surface area contributed by atoms with Gasteiger partial charge < -0.3 is 28.3 Å². The van der Waals surface area contributed by atoms with Crippen molar-refractivity contribution in [1.82, 2.24) is 24.4 Å². The molecule has 6 rings (SSSR count). The van der Waals surface area contributed by atoms with Crippen LogP contribution in [0, 0.1) is 0 Å². The number of oxazole rings is 2. The first-order valence-corrected chi connectivity index (χ1v) is 15.7. The van der Waals surface area contributed by atoms with Gasteiger partial charge in [-0.15, -0.1) is 0 Å². The average Bonchev–Trinajstić information content (AvgIpc) is 3.69. The van der Waals surface area contributed by atoms with Gasteiger partial charge in [0, 0.05) is 57.6 Å². The van der Waals surface area contributed by atoms with Crippen molar-refractivity contribution in [2.75, 3.05) is 44.7 Å². The van der Waals surface area contributed by atoms with E-state index < -0.39 is 5.76 Å². The van der Waals surface area contributed by atoms with Crippen LogP contribution in [0.5, 0.6) is 17.4 Å². The zero-order valence-corrected chi connectivity index (χ0v) is 26.3. The highest BCUT2D eigenvalue weighted by Crippen LogP contribution is 2.30. The highest BCUT2D eigenvalue weighted by Gasteiger charge is 2.20. The molecule has 2 aromatic carbocycles. The molecule has 0 radical (unpaired) electrons. The lowest BCUT2D eigenvalue weighted by molar-refractivity contribution is 0.246. The molecular formula is C35H38N6O6. The van der Waals surface area contributed by atoms with E-state index in [4.69, 9.17) is 18.3 Å². The van der Waals surface area contributed by atoms with Crippen LogP contribution in [0.1, 0.15) is 34.9 Å². The summed E-state index contributed by atoms with van der Waals surface area (Å²) in [6.07, 6.45) is 10.4. The molecule has 0 saturated carbocycles. The third kappa shape index (κ3) is 8.27. The van der Waals surface area contributed by atoms with Gasteiger partial charge >= 0.3 is 5.76 Å². The zero-order chi connectivity index (χ0) is 32.4. The van der Waals surface area contributed by atoms with Crippen LogP contribution >= 0.6 is 0 Å². The molecule has 5 aromatic rings. The third-order valence-corrected chi connectivity index (χ3v) is 8.03. The minimum Gasteiger partial charge on any atom is -0.493 e. The molecule has 0 amide bonds. The number of nitrogens with zero attached hydrogens (tertiary/aromatic N) is 6. The van der Waals surface area contributed by atoms with E-state index in [-0.39, 0.29) is 18.2 Å². The SMILES string of the molecule is COc1ccc(CCc2oc(=O)n(CCCN3CCN(c4ncccn4)CC3)c2O)cc1OCc1coc(C=Cc2ccccc2)n1. The number of aromatic nitrogens is 4. The van der Waals surface area contributed by atoms with Gasteiger partial charge in [0.2, 0.25) is 17.7 Å². The molecule has 0 unspecified atom stereocenters. The Morgan fingerprint density at radius 2 is 1.74 bits per heavy atom. The standard InChI is InChI=1S/C35H38N6O6/c1-44-29-12-9-27(23-31(29)45-24-28-25-46-32(38-28)14-11-26-7-3-2-4-8-26)10-13-30-33(42)41(35(43)47-30)18-6-17-39-19-21-40(22-20-39)34-36-15-5-16-37-34/h2-5,7-9,11-12,14-16,23,25,42H,6,10,13,17-22,24H2,1H3. The predicted octanol–water partition coefficient (Wildman–Crippen LogP) is 4.68. The summed E-state index contributed by atoms with van der Waals surface area (Å²) in [4.78, 5) is 30.2. The van der Waals surface area contributed by atoms with Crippen LogP contribution in [-0.2, 0) is 26.0 Å². The van der Waals surface area contributed by atoms with Crippen LogP contribution < -0.4 is 20.1 Å². The van der Waals surface area contributed by atoms with Gasteiger partial charge in [0.05, 0.1) is 7.11 Å². The van der Waals surface area contributed by atoms with E-state index >= 15 is 0 Å². The summed E-state index contributed by atoms with van der Waals surface area (Å²) >= 11 is 0. The lowest BCUT2D eigenvalue weighted by Gasteiger charge is -2.34. The van der Waals surface area contributed by atoms with Gasteiger partial charge in [-0.25, -0.2) is 24.3 Å². The number of aromatic hydroxyl groups is 1. The topological polar surface area (TPSA) is 132 Å². The van der Waals surface area contributed by atoms with Crippen LogP contribution in [0.25, 0.3) is 12.2 Å². The normalized spacial score (nSPS) is 13.8. The van der Waals surface area contributed by atoms with Crippen LogP contribution in [0.2, 0.25) is 0 Å². The van der Waals surface area contributed by atoms with Gasteiger partial charge in [-0.2, -0.15) is 0 Å². The van der Waals surface area contributed by atoms with Crippen LogP contribution in [0.15, 0.2) is 86.9 Å². The minimum absolute atomic E-state index is 0.116. The average molecular weight is 639 g/mol. The zero-order valence-electron chi connectivity index (χ0n) is 26.3. The third-order valence-electron chi connectivity index (χ3n) is 8.03. The number of aryl methyl sites for hydroxylation is 2. The van der Waals surface area contributed by atoms with Gasteiger partial charge in [0.25, 0.3) is 0 Å². The van der Waals surface area contributed by atoms with E-state index in [0.717, 1.165) is 49.8 Å². The molecule has 12 nitrogen and oxygen atoms in total. The van der Waals surface area contributed by atoms with Crippen molar-refractivity contribution >= 4 is 18.1 Å². The maximum atomic E-state index is 12.6. The minimum atomic E-state index is -0.548. The second-order valence-electron chi connectivity index (χ2n) is 11.2. The maximum Gasteiger partial charge on any atom is 0.422 e. The van der Waals surface area contributed by atoms with Crippen molar-refractivity contribution in [3.63, 3.8) is 0 Å². The molecular weight excluding hydrogens is 600 g/mol. The Bertz CT molecular complexity index is 1810. The first-order valence-electron chi connectivity index (χ1n) is 15.7. The quantitative estimate of drug-likeness (QED) is 0.182. The van der Waals surface area contributed by atoms with Gasteiger partial charge in [-0.1, -0.05) is 36.4 Å². The largest absolute Gasteiger partial charge is 0.493 e. The number of piperazine rings is 1. The highest BCUT2D eigenvalue weighted by molar-refractivity contribution is 5.65.